The van der Waals surface area contributed by atoms with Crippen LogP contribution in [0.2, 0.25) is 0 Å². The van der Waals surface area contributed by atoms with E-state index in [1.165, 1.54) is 11.3 Å². The first-order chi connectivity index (χ1) is 11.8. The highest BCUT2D eigenvalue weighted by atomic mass is 32.1. The van der Waals surface area contributed by atoms with Gasteiger partial charge in [-0.3, -0.25) is 19.3 Å². The predicted molar refractivity (Wildman–Crippen MR) is 95.8 cm³/mol. The van der Waals surface area contributed by atoms with Crippen molar-refractivity contribution in [1.29, 1.82) is 0 Å². The number of nitrogens with zero attached hydrogens (tertiary/aromatic N) is 2. The molecule has 0 aliphatic carbocycles. The third-order valence-electron chi connectivity index (χ3n) is 4.26. The standard InChI is InChI=1S/C18H19N3O3S/c1-9(2)14(15(22)20-18-19-10(3)11(4)25-18)21-16(23)12-7-5-6-8-13(12)17(21)24/h5-9,14H,1-4H3,(H,19,20,22). The van der Waals surface area contributed by atoms with E-state index in [2.05, 4.69) is 10.3 Å². The van der Waals surface area contributed by atoms with E-state index < -0.39 is 23.8 Å². The molecule has 2 aromatic rings. The predicted octanol–water partition coefficient (Wildman–Crippen LogP) is 3.02. The molecule has 130 valence electrons. The van der Waals surface area contributed by atoms with Crippen molar-refractivity contribution in [2.24, 2.45) is 5.92 Å². The van der Waals surface area contributed by atoms with Crippen molar-refractivity contribution in [2.45, 2.75) is 33.7 Å². The monoisotopic (exact) mass is 357 g/mol. The number of carbonyl (C=O) groups is 3. The summed E-state index contributed by atoms with van der Waals surface area (Å²) in [6.45, 7) is 7.41. The largest absolute Gasteiger partial charge is 0.300 e. The normalized spacial score (nSPS) is 14.8. The number of nitrogens with one attached hydrogen (secondary N) is 1. The molecule has 25 heavy (non-hydrogen) atoms. The second-order valence-corrected chi connectivity index (χ2v) is 7.57. The van der Waals surface area contributed by atoms with Crippen LogP contribution in [0.3, 0.4) is 0 Å². The van der Waals surface area contributed by atoms with Gasteiger partial charge in [0.15, 0.2) is 5.13 Å². The van der Waals surface area contributed by atoms with Gasteiger partial charge in [-0.15, -0.1) is 11.3 Å². The number of aromatic nitrogens is 1. The lowest BCUT2D eigenvalue weighted by molar-refractivity contribution is -0.121. The summed E-state index contributed by atoms with van der Waals surface area (Å²) in [5, 5.41) is 3.23. The molecule has 0 saturated carbocycles. The SMILES string of the molecule is Cc1nc(NC(=O)C(C(C)C)N2C(=O)c3ccccc3C2=O)sc1C. The fourth-order valence-electron chi connectivity index (χ4n) is 2.88. The number of amides is 3. The third-order valence-corrected chi connectivity index (χ3v) is 5.25. The van der Waals surface area contributed by atoms with Crippen LogP contribution in [0, 0.1) is 19.8 Å². The molecule has 1 aromatic heterocycles. The summed E-state index contributed by atoms with van der Waals surface area (Å²) in [6.07, 6.45) is 0. The molecule has 1 aliphatic rings. The number of rotatable bonds is 4. The quantitative estimate of drug-likeness (QED) is 0.853. The number of thiazole rings is 1. The Balaban J connectivity index is 1.90. The first kappa shape index (κ1) is 17.3. The summed E-state index contributed by atoms with van der Waals surface area (Å²) in [4.78, 5) is 44.5. The van der Waals surface area contributed by atoms with Crippen LogP contribution in [0.5, 0.6) is 0 Å². The van der Waals surface area contributed by atoms with Crippen LogP contribution in [0.4, 0.5) is 5.13 Å². The van der Waals surface area contributed by atoms with Crippen LogP contribution < -0.4 is 5.32 Å². The van der Waals surface area contributed by atoms with E-state index in [9.17, 15) is 14.4 Å². The van der Waals surface area contributed by atoms with Gasteiger partial charge in [-0.25, -0.2) is 4.98 Å². The molecule has 1 aliphatic heterocycles. The maximum Gasteiger partial charge on any atom is 0.262 e. The Labute approximate surface area is 149 Å². The van der Waals surface area contributed by atoms with Gasteiger partial charge < -0.3 is 5.32 Å². The molecule has 3 rings (SSSR count). The van der Waals surface area contributed by atoms with Gasteiger partial charge in [-0.1, -0.05) is 26.0 Å². The average molecular weight is 357 g/mol. The highest BCUT2D eigenvalue weighted by molar-refractivity contribution is 7.15. The minimum Gasteiger partial charge on any atom is -0.300 e. The van der Waals surface area contributed by atoms with Crippen molar-refractivity contribution in [1.82, 2.24) is 9.88 Å². The second kappa shape index (κ2) is 6.40. The molecule has 1 N–H and O–H groups in total. The lowest BCUT2D eigenvalue weighted by atomic mass is 10.0. The molecule has 2 heterocycles. The Kier molecular flexibility index (Phi) is 4.43. The van der Waals surface area contributed by atoms with Gasteiger partial charge in [0, 0.05) is 4.88 Å². The number of fused-ring (bicyclic) bond motifs is 1. The van der Waals surface area contributed by atoms with Crippen molar-refractivity contribution in [2.75, 3.05) is 5.32 Å². The van der Waals surface area contributed by atoms with Crippen molar-refractivity contribution < 1.29 is 14.4 Å². The second-order valence-electron chi connectivity index (χ2n) is 6.36. The maximum atomic E-state index is 12.8. The fourth-order valence-corrected chi connectivity index (χ4v) is 3.70. The minimum atomic E-state index is -0.892. The third kappa shape index (κ3) is 2.95. The van der Waals surface area contributed by atoms with E-state index in [1.807, 2.05) is 27.7 Å². The molecule has 0 bridgehead atoms. The maximum absolute atomic E-state index is 12.8. The number of aryl methyl sites for hydroxylation is 2. The van der Waals surface area contributed by atoms with Crippen molar-refractivity contribution in [3.63, 3.8) is 0 Å². The van der Waals surface area contributed by atoms with Crippen molar-refractivity contribution >= 4 is 34.2 Å². The van der Waals surface area contributed by atoms with E-state index in [-0.39, 0.29) is 5.92 Å². The molecular formula is C18H19N3O3S. The van der Waals surface area contributed by atoms with E-state index >= 15 is 0 Å². The lowest BCUT2D eigenvalue weighted by Crippen LogP contribution is -2.50. The van der Waals surface area contributed by atoms with E-state index in [0.29, 0.717) is 16.3 Å². The molecule has 1 atom stereocenters. The van der Waals surface area contributed by atoms with Gasteiger partial charge in [0.05, 0.1) is 16.8 Å². The summed E-state index contributed by atoms with van der Waals surface area (Å²) in [5.41, 5.74) is 1.53. The summed E-state index contributed by atoms with van der Waals surface area (Å²) < 4.78 is 0. The highest BCUT2D eigenvalue weighted by Gasteiger charge is 2.44. The highest BCUT2D eigenvalue weighted by Crippen LogP contribution is 2.28. The van der Waals surface area contributed by atoms with Crippen LogP contribution >= 0.6 is 11.3 Å². The van der Waals surface area contributed by atoms with Crippen LogP contribution in [0.15, 0.2) is 24.3 Å². The van der Waals surface area contributed by atoms with Gasteiger partial charge in [-0.05, 0) is 31.9 Å². The molecule has 3 amide bonds. The first-order valence-corrected chi connectivity index (χ1v) is 8.84. The lowest BCUT2D eigenvalue weighted by Gasteiger charge is -2.27. The summed E-state index contributed by atoms with van der Waals surface area (Å²) >= 11 is 1.37. The van der Waals surface area contributed by atoms with Crippen LogP contribution in [0.25, 0.3) is 0 Å². The Bertz CT molecular complexity index is 818. The number of anilines is 1. The van der Waals surface area contributed by atoms with Crippen LogP contribution in [-0.4, -0.2) is 33.6 Å². The fraction of sp³-hybridized carbons (Fsp3) is 0.333. The Hall–Kier alpha value is -2.54. The molecule has 1 unspecified atom stereocenters. The van der Waals surface area contributed by atoms with Crippen LogP contribution in [0.1, 0.15) is 45.1 Å². The van der Waals surface area contributed by atoms with E-state index in [1.54, 1.807) is 24.3 Å². The minimum absolute atomic E-state index is 0.232. The zero-order valence-corrected chi connectivity index (χ0v) is 15.3. The zero-order chi connectivity index (χ0) is 18.3. The van der Waals surface area contributed by atoms with Crippen molar-refractivity contribution in [3.05, 3.63) is 46.0 Å². The van der Waals surface area contributed by atoms with Gasteiger partial charge in [-0.2, -0.15) is 0 Å². The summed E-state index contributed by atoms with van der Waals surface area (Å²) in [5.74, 6) is -1.50. The Morgan fingerprint density at radius 3 is 2.12 bits per heavy atom. The number of hydrogen-bond donors (Lipinski definition) is 1. The summed E-state index contributed by atoms with van der Waals surface area (Å²) in [7, 11) is 0. The number of imide groups is 1. The average Bonchev–Trinajstić information content (AvgIpc) is 2.99. The zero-order valence-electron chi connectivity index (χ0n) is 14.5. The number of hydrogen-bond acceptors (Lipinski definition) is 5. The van der Waals surface area contributed by atoms with Gasteiger partial charge in [0.1, 0.15) is 6.04 Å². The van der Waals surface area contributed by atoms with E-state index in [4.69, 9.17) is 0 Å². The van der Waals surface area contributed by atoms with Gasteiger partial charge >= 0.3 is 0 Å². The smallest absolute Gasteiger partial charge is 0.262 e. The topological polar surface area (TPSA) is 79.4 Å². The van der Waals surface area contributed by atoms with Gasteiger partial charge in [0.2, 0.25) is 5.91 Å². The number of carbonyl (C=O) groups excluding carboxylic acids is 3. The summed E-state index contributed by atoms with van der Waals surface area (Å²) in [6, 6.07) is 5.74. The molecule has 7 heteroatoms. The molecule has 0 saturated heterocycles. The van der Waals surface area contributed by atoms with Crippen molar-refractivity contribution in [3.8, 4) is 0 Å². The molecule has 0 spiro atoms. The molecule has 6 nitrogen and oxygen atoms in total. The van der Waals surface area contributed by atoms with Crippen LogP contribution in [-0.2, 0) is 4.79 Å². The molecule has 0 fully saturated rings. The molecule has 1 aromatic carbocycles. The number of benzene rings is 1. The first-order valence-electron chi connectivity index (χ1n) is 8.03. The van der Waals surface area contributed by atoms with Gasteiger partial charge in [0.25, 0.3) is 11.8 Å². The molecule has 0 radical (unpaired) electrons. The molecular weight excluding hydrogens is 338 g/mol. The van der Waals surface area contributed by atoms with E-state index in [0.717, 1.165) is 15.5 Å². The Morgan fingerprint density at radius 2 is 1.68 bits per heavy atom. The Morgan fingerprint density at radius 1 is 1.12 bits per heavy atom.